The van der Waals surface area contributed by atoms with Crippen LogP contribution in [0.5, 0.6) is 0 Å². The van der Waals surface area contributed by atoms with Crippen molar-refractivity contribution in [1.82, 2.24) is 20.5 Å². The number of likely N-dealkylation sites (tertiary alicyclic amines) is 1. The van der Waals surface area contributed by atoms with Crippen molar-refractivity contribution in [3.05, 3.63) is 30.1 Å². The van der Waals surface area contributed by atoms with Crippen LogP contribution in [-0.2, 0) is 11.2 Å². The molecule has 3 amide bonds. The second-order valence-corrected chi connectivity index (χ2v) is 6.36. The van der Waals surface area contributed by atoms with Gasteiger partial charge in [0, 0.05) is 31.4 Å². The molecule has 3 rings (SSSR count). The summed E-state index contributed by atoms with van der Waals surface area (Å²) in [6, 6.07) is 3.70. The number of hydrogen-bond acceptors (Lipinski definition) is 4. The molecule has 2 N–H and O–H groups in total. The molecule has 6 heteroatoms. The molecule has 0 bridgehead atoms. The van der Waals surface area contributed by atoms with Crippen LogP contribution in [0.1, 0.15) is 25.3 Å². The fourth-order valence-electron chi connectivity index (χ4n) is 3.41. The highest BCUT2D eigenvalue weighted by molar-refractivity contribution is 6.06. The third-order valence-corrected chi connectivity index (χ3v) is 4.86. The van der Waals surface area contributed by atoms with E-state index >= 15 is 0 Å². The quantitative estimate of drug-likeness (QED) is 0.812. The fraction of sp³-hybridized carbons (Fsp3) is 0.562. The smallest absolute Gasteiger partial charge is 0.322 e. The molecular weight excluding hydrogens is 280 g/mol. The topological polar surface area (TPSA) is 74.3 Å². The van der Waals surface area contributed by atoms with Gasteiger partial charge in [0.05, 0.1) is 0 Å². The zero-order valence-corrected chi connectivity index (χ0v) is 12.8. The minimum absolute atomic E-state index is 0.158. The van der Waals surface area contributed by atoms with E-state index in [1.807, 2.05) is 31.5 Å². The number of nitrogens with one attached hydrogen (secondary N) is 2. The van der Waals surface area contributed by atoms with Gasteiger partial charge in [0.1, 0.15) is 5.54 Å². The van der Waals surface area contributed by atoms with E-state index in [1.165, 1.54) is 5.56 Å². The molecule has 0 aliphatic carbocycles. The molecule has 6 nitrogen and oxygen atoms in total. The van der Waals surface area contributed by atoms with Crippen LogP contribution in [0, 0.1) is 5.92 Å². The summed E-state index contributed by atoms with van der Waals surface area (Å²) in [5.74, 6) is -0.0383. The Labute approximate surface area is 130 Å². The number of carbonyl (C=O) groups is 2. The second kappa shape index (κ2) is 6.04. The lowest BCUT2D eigenvalue weighted by atomic mass is 9.80. The lowest BCUT2D eigenvalue weighted by Gasteiger charge is -2.39. The lowest BCUT2D eigenvalue weighted by molar-refractivity contribution is -0.126. The first-order valence-corrected chi connectivity index (χ1v) is 7.83. The standard InChI is InChI=1S/C16H22N4O2/c1-16(14(21)18-15(22)19-16)13-3-2-9-20(11-13)10-6-12-4-7-17-8-5-12/h4-5,7-8,13H,2-3,6,9-11H2,1H3,(H2,18,19,21,22)/t13-,16-/m1/s1. The highest BCUT2D eigenvalue weighted by Gasteiger charge is 2.48. The number of urea groups is 1. The van der Waals surface area contributed by atoms with E-state index in [9.17, 15) is 9.59 Å². The molecule has 1 aromatic heterocycles. The lowest BCUT2D eigenvalue weighted by Crippen LogP contribution is -2.55. The Balaban J connectivity index is 1.60. The minimum Gasteiger partial charge on any atom is -0.323 e. The number of rotatable bonds is 4. The number of aromatic nitrogens is 1. The Morgan fingerprint density at radius 2 is 2.14 bits per heavy atom. The van der Waals surface area contributed by atoms with Crippen LogP contribution in [0.2, 0.25) is 0 Å². The van der Waals surface area contributed by atoms with Crippen LogP contribution in [0.4, 0.5) is 4.79 Å². The molecule has 1 aromatic rings. The Kier molecular flexibility index (Phi) is 4.11. The molecule has 2 aliphatic heterocycles. The monoisotopic (exact) mass is 302 g/mol. The van der Waals surface area contributed by atoms with Gasteiger partial charge in [0.2, 0.25) is 0 Å². The van der Waals surface area contributed by atoms with Gasteiger partial charge in [-0.05, 0) is 50.4 Å². The number of piperidine rings is 1. The zero-order chi connectivity index (χ0) is 15.6. The van der Waals surface area contributed by atoms with Gasteiger partial charge < -0.3 is 10.2 Å². The minimum atomic E-state index is -0.771. The number of imide groups is 1. The molecule has 2 fully saturated rings. The molecule has 2 atom stereocenters. The first-order valence-electron chi connectivity index (χ1n) is 7.83. The average molecular weight is 302 g/mol. The van der Waals surface area contributed by atoms with E-state index in [0.29, 0.717) is 0 Å². The summed E-state index contributed by atoms with van der Waals surface area (Å²) < 4.78 is 0. The van der Waals surface area contributed by atoms with E-state index in [-0.39, 0.29) is 17.9 Å². The Morgan fingerprint density at radius 1 is 1.36 bits per heavy atom. The highest BCUT2D eigenvalue weighted by Crippen LogP contribution is 2.29. The summed E-state index contributed by atoms with van der Waals surface area (Å²) in [4.78, 5) is 29.9. The van der Waals surface area contributed by atoms with Crippen molar-refractivity contribution in [3.8, 4) is 0 Å². The predicted molar refractivity (Wildman–Crippen MR) is 82.2 cm³/mol. The summed E-state index contributed by atoms with van der Waals surface area (Å²) in [6.07, 6.45) is 6.63. The average Bonchev–Trinajstić information content (AvgIpc) is 2.80. The summed E-state index contributed by atoms with van der Waals surface area (Å²) in [5, 5.41) is 5.17. The molecule has 0 unspecified atom stereocenters. The molecule has 0 saturated carbocycles. The molecule has 0 aromatic carbocycles. The molecular formula is C16H22N4O2. The highest BCUT2D eigenvalue weighted by atomic mass is 16.2. The van der Waals surface area contributed by atoms with Gasteiger partial charge in [-0.3, -0.25) is 15.1 Å². The van der Waals surface area contributed by atoms with Crippen molar-refractivity contribution in [2.24, 2.45) is 5.92 Å². The van der Waals surface area contributed by atoms with Crippen molar-refractivity contribution in [1.29, 1.82) is 0 Å². The maximum absolute atomic E-state index is 12.1. The molecule has 2 aliphatic rings. The van der Waals surface area contributed by atoms with Crippen LogP contribution in [0.25, 0.3) is 0 Å². The van der Waals surface area contributed by atoms with Crippen molar-refractivity contribution in [2.75, 3.05) is 19.6 Å². The largest absolute Gasteiger partial charge is 0.323 e. The van der Waals surface area contributed by atoms with Crippen LogP contribution in [-0.4, -0.2) is 47.0 Å². The molecule has 0 radical (unpaired) electrons. The molecule has 2 saturated heterocycles. The van der Waals surface area contributed by atoms with Gasteiger partial charge >= 0.3 is 6.03 Å². The molecule has 3 heterocycles. The Morgan fingerprint density at radius 3 is 2.82 bits per heavy atom. The number of amides is 3. The van der Waals surface area contributed by atoms with E-state index in [1.54, 1.807) is 0 Å². The van der Waals surface area contributed by atoms with Crippen LogP contribution in [0.15, 0.2) is 24.5 Å². The second-order valence-electron chi connectivity index (χ2n) is 6.36. The van der Waals surface area contributed by atoms with Crippen molar-refractivity contribution in [3.63, 3.8) is 0 Å². The van der Waals surface area contributed by atoms with E-state index in [4.69, 9.17) is 0 Å². The number of carbonyl (C=O) groups excluding carboxylic acids is 2. The Bertz CT molecular complexity index is 563. The first-order chi connectivity index (χ1) is 10.6. The first kappa shape index (κ1) is 15.0. The van der Waals surface area contributed by atoms with Gasteiger partial charge in [0.25, 0.3) is 5.91 Å². The summed E-state index contributed by atoms with van der Waals surface area (Å²) in [5.41, 5.74) is 0.502. The van der Waals surface area contributed by atoms with E-state index < -0.39 is 5.54 Å². The van der Waals surface area contributed by atoms with Gasteiger partial charge in [-0.1, -0.05) is 0 Å². The normalized spacial score (nSPS) is 29.2. The molecule has 118 valence electrons. The Hall–Kier alpha value is -1.95. The predicted octanol–water partition coefficient (Wildman–Crippen LogP) is 0.934. The van der Waals surface area contributed by atoms with Gasteiger partial charge in [-0.25, -0.2) is 4.79 Å². The van der Waals surface area contributed by atoms with Gasteiger partial charge in [0.15, 0.2) is 0 Å². The van der Waals surface area contributed by atoms with E-state index in [0.717, 1.165) is 38.9 Å². The summed E-state index contributed by atoms with van der Waals surface area (Å²) in [7, 11) is 0. The fourth-order valence-corrected chi connectivity index (χ4v) is 3.41. The number of pyridine rings is 1. The summed E-state index contributed by atoms with van der Waals surface area (Å²) in [6.45, 7) is 4.69. The maximum atomic E-state index is 12.1. The number of nitrogens with zero attached hydrogens (tertiary/aromatic N) is 2. The van der Waals surface area contributed by atoms with Crippen LogP contribution in [0.3, 0.4) is 0 Å². The van der Waals surface area contributed by atoms with E-state index in [2.05, 4.69) is 20.5 Å². The third kappa shape index (κ3) is 2.97. The van der Waals surface area contributed by atoms with Crippen LogP contribution < -0.4 is 10.6 Å². The van der Waals surface area contributed by atoms with Crippen molar-refractivity contribution < 1.29 is 9.59 Å². The van der Waals surface area contributed by atoms with Crippen LogP contribution >= 0.6 is 0 Å². The number of hydrogen-bond donors (Lipinski definition) is 2. The van der Waals surface area contributed by atoms with Gasteiger partial charge in [-0.15, -0.1) is 0 Å². The maximum Gasteiger partial charge on any atom is 0.322 e. The van der Waals surface area contributed by atoms with Gasteiger partial charge in [-0.2, -0.15) is 0 Å². The zero-order valence-electron chi connectivity index (χ0n) is 12.8. The third-order valence-electron chi connectivity index (χ3n) is 4.86. The summed E-state index contributed by atoms with van der Waals surface area (Å²) >= 11 is 0. The molecule has 22 heavy (non-hydrogen) atoms. The SMILES string of the molecule is C[C@]1([C@@H]2CCCN(CCc3ccncc3)C2)NC(=O)NC1=O. The van der Waals surface area contributed by atoms with Crippen molar-refractivity contribution in [2.45, 2.75) is 31.7 Å². The molecule has 0 spiro atoms. The van der Waals surface area contributed by atoms with Crippen molar-refractivity contribution >= 4 is 11.9 Å².